The minimum absolute atomic E-state index is 0.534. The lowest BCUT2D eigenvalue weighted by Gasteiger charge is -2.12. The van der Waals surface area contributed by atoms with Crippen molar-refractivity contribution in [3.05, 3.63) is 29.6 Å². The molecule has 2 aliphatic rings. The molecule has 1 unspecified atom stereocenters. The van der Waals surface area contributed by atoms with Gasteiger partial charge < -0.3 is 5.32 Å². The molecule has 2 aliphatic carbocycles. The van der Waals surface area contributed by atoms with Crippen molar-refractivity contribution in [1.29, 1.82) is 0 Å². The van der Waals surface area contributed by atoms with E-state index in [-0.39, 0.29) is 0 Å². The van der Waals surface area contributed by atoms with Gasteiger partial charge in [0.15, 0.2) is 0 Å². The summed E-state index contributed by atoms with van der Waals surface area (Å²) in [5.41, 5.74) is 2.74. The minimum Gasteiger partial charge on any atom is -0.308 e. The molecule has 0 saturated heterocycles. The summed E-state index contributed by atoms with van der Waals surface area (Å²) in [6, 6.07) is 4.79. The van der Waals surface area contributed by atoms with Gasteiger partial charge in [0.25, 0.3) is 0 Å². The molecular formula is C12H16N2. The van der Waals surface area contributed by atoms with Crippen LogP contribution in [0, 0.1) is 5.92 Å². The smallest absolute Gasteiger partial charge is 0.0605 e. The highest BCUT2D eigenvalue weighted by Gasteiger charge is 2.26. The summed E-state index contributed by atoms with van der Waals surface area (Å²) in [5.74, 6) is 0.961. The van der Waals surface area contributed by atoms with Gasteiger partial charge in [0.2, 0.25) is 0 Å². The molecule has 1 atom stereocenters. The molecule has 0 radical (unpaired) electrons. The maximum Gasteiger partial charge on any atom is 0.0605 e. The Balaban J connectivity index is 1.70. The van der Waals surface area contributed by atoms with Crippen molar-refractivity contribution in [2.75, 3.05) is 6.54 Å². The molecule has 1 heterocycles. The number of fused-ring (bicyclic) bond motifs is 1. The molecule has 1 fully saturated rings. The molecule has 1 aromatic heterocycles. The highest BCUT2D eigenvalue weighted by atomic mass is 15.0. The van der Waals surface area contributed by atoms with E-state index in [9.17, 15) is 0 Å². The van der Waals surface area contributed by atoms with E-state index in [1.807, 2.05) is 12.3 Å². The van der Waals surface area contributed by atoms with Crippen LogP contribution < -0.4 is 5.32 Å². The Bertz CT molecular complexity index is 331. The minimum atomic E-state index is 0.534. The summed E-state index contributed by atoms with van der Waals surface area (Å²) in [6.45, 7) is 1.20. The molecule has 1 aromatic rings. The Hall–Kier alpha value is -0.890. The average molecular weight is 188 g/mol. The number of aryl methyl sites for hydroxylation is 1. The molecule has 2 nitrogen and oxygen atoms in total. The van der Waals surface area contributed by atoms with Gasteiger partial charge in [-0.2, -0.15) is 0 Å². The van der Waals surface area contributed by atoms with Crippen LogP contribution in [0.2, 0.25) is 0 Å². The third-order valence-corrected chi connectivity index (χ3v) is 3.31. The first kappa shape index (κ1) is 8.42. The van der Waals surface area contributed by atoms with E-state index in [4.69, 9.17) is 0 Å². The molecule has 14 heavy (non-hydrogen) atoms. The van der Waals surface area contributed by atoms with E-state index in [0.717, 1.165) is 5.92 Å². The molecule has 1 N–H and O–H groups in total. The molecule has 0 aromatic carbocycles. The van der Waals surface area contributed by atoms with Gasteiger partial charge in [-0.05, 0) is 49.8 Å². The number of nitrogens with zero attached hydrogens (tertiary/aromatic N) is 1. The Morgan fingerprint density at radius 3 is 3.14 bits per heavy atom. The maximum absolute atomic E-state index is 4.48. The summed E-state index contributed by atoms with van der Waals surface area (Å²) >= 11 is 0. The topological polar surface area (TPSA) is 24.9 Å². The van der Waals surface area contributed by atoms with Crippen molar-refractivity contribution in [2.24, 2.45) is 5.92 Å². The fourth-order valence-corrected chi connectivity index (χ4v) is 2.24. The Labute approximate surface area is 84.7 Å². The van der Waals surface area contributed by atoms with Gasteiger partial charge in [0.05, 0.1) is 11.7 Å². The van der Waals surface area contributed by atoms with E-state index < -0.39 is 0 Å². The standard InChI is InChI=1S/C12H16N2/c1-2-10-5-6-11(12(10)13-7-1)14-8-9-3-4-9/h1-2,7,9,11,14H,3-6,8H2. The molecule has 0 bridgehead atoms. The normalized spacial score (nSPS) is 25.0. The highest BCUT2D eigenvalue weighted by Crippen LogP contribution is 2.32. The quantitative estimate of drug-likeness (QED) is 0.785. The van der Waals surface area contributed by atoms with Crippen LogP contribution in [0.5, 0.6) is 0 Å². The molecule has 0 aliphatic heterocycles. The van der Waals surface area contributed by atoms with Gasteiger partial charge in [-0.25, -0.2) is 0 Å². The van der Waals surface area contributed by atoms with E-state index in [0.29, 0.717) is 6.04 Å². The number of hydrogen-bond donors (Lipinski definition) is 1. The van der Waals surface area contributed by atoms with Crippen LogP contribution in [0.25, 0.3) is 0 Å². The predicted molar refractivity (Wildman–Crippen MR) is 56.0 cm³/mol. The first-order valence-electron chi connectivity index (χ1n) is 5.60. The number of rotatable bonds is 3. The fourth-order valence-electron chi connectivity index (χ4n) is 2.24. The first-order valence-corrected chi connectivity index (χ1v) is 5.60. The van der Waals surface area contributed by atoms with Gasteiger partial charge in [-0.3, -0.25) is 4.98 Å². The largest absolute Gasteiger partial charge is 0.308 e. The van der Waals surface area contributed by atoms with Crippen LogP contribution in [0.3, 0.4) is 0 Å². The second kappa shape index (κ2) is 3.35. The summed E-state index contributed by atoms with van der Waals surface area (Å²) in [6.07, 6.45) is 7.20. The highest BCUT2D eigenvalue weighted by molar-refractivity contribution is 5.27. The molecular weight excluding hydrogens is 172 g/mol. The fraction of sp³-hybridized carbons (Fsp3) is 0.583. The van der Waals surface area contributed by atoms with Crippen molar-refractivity contribution in [2.45, 2.75) is 31.7 Å². The van der Waals surface area contributed by atoms with Crippen molar-refractivity contribution in [3.63, 3.8) is 0 Å². The monoisotopic (exact) mass is 188 g/mol. The number of nitrogens with one attached hydrogen (secondary N) is 1. The van der Waals surface area contributed by atoms with Crippen molar-refractivity contribution >= 4 is 0 Å². The number of pyridine rings is 1. The Morgan fingerprint density at radius 2 is 2.29 bits per heavy atom. The molecule has 0 amide bonds. The second-order valence-corrected chi connectivity index (χ2v) is 4.49. The predicted octanol–water partition coefficient (Wildman–Crippen LogP) is 2.07. The van der Waals surface area contributed by atoms with Gasteiger partial charge in [-0.1, -0.05) is 6.07 Å². The van der Waals surface area contributed by atoms with E-state index in [1.54, 1.807) is 0 Å². The zero-order valence-corrected chi connectivity index (χ0v) is 8.37. The van der Waals surface area contributed by atoms with Crippen LogP contribution in [0.1, 0.15) is 36.6 Å². The SMILES string of the molecule is c1cnc2c(c1)CCC2NCC1CC1. The zero-order chi connectivity index (χ0) is 9.38. The van der Waals surface area contributed by atoms with Crippen LogP contribution in [-0.4, -0.2) is 11.5 Å². The number of aromatic nitrogens is 1. The van der Waals surface area contributed by atoms with Crippen LogP contribution in [0.4, 0.5) is 0 Å². The van der Waals surface area contributed by atoms with Gasteiger partial charge in [0, 0.05) is 6.20 Å². The molecule has 74 valence electrons. The Morgan fingerprint density at radius 1 is 1.36 bits per heavy atom. The third-order valence-electron chi connectivity index (χ3n) is 3.31. The lowest BCUT2D eigenvalue weighted by Crippen LogP contribution is -2.22. The molecule has 2 heteroatoms. The van der Waals surface area contributed by atoms with Gasteiger partial charge >= 0.3 is 0 Å². The maximum atomic E-state index is 4.48. The Kier molecular flexibility index (Phi) is 2.02. The lowest BCUT2D eigenvalue weighted by atomic mass is 10.2. The van der Waals surface area contributed by atoms with Crippen LogP contribution in [0.15, 0.2) is 18.3 Å². The van der Waals surface area contributed by atoms with E-state index in [1.165, 1.54) is 43.5 Å². The second-order valence-electron chi connectivity index (χ2n) is 4.49. The first-order chi connectivity index (χ1) is 6.93. The number of hydrogen-bond acceptors (Lipinski definition) is 2. The van der Waals surface area contributed by atoms with Crippen molar-refractivity contribution in [1.82, 2.24) is 10.3 Å². The molecule has 3 rings (SSSR count). The van der Waals surface area contributed by atoms with Crippen molar-refractivity contribution in [3.8, 4) is 0 Å². The van der Waals surface area contributed by atoms with Crippen LogP contribution in [-0.2, 0) is 6.42 Å². The summed E-state index contributed by atoms with van der Waals surface area (Å²) in [5, 5.41) is 3.64. The van der Waals surface area contributed by atoms with Crippen LogP contribution >= 0.6 is 0 Å². The summed E-state index contributed by atoms with van der Waals surface area (Å²) in [7, 11) is 0. The third kappa shape index (κ3) is 1.55. The average Bonchev–Trinajstić information content (AvgIpc) is 2.96. The lowest BCUT2D eigenvalue weighted by molar-refractivity contribution is 0.504. The zero-order valence-electron chi connectivity index (χ0n) is 8.37. The van der Waals surface area contributed by atoms with E-state index >= 15 is 0 Å². The van der Waals surface area contributed by atoms with Gasteiger partial charge in [0.1, 0.15) is 0 Å². The molecule has 1 saturated carbocycles. The summed E-state index contributed by atoms with van der Waals surface area (Å²) < 4.78 is 0. The van der Waals surface area contributed by atoms with Crippen molar-refractivity contribution < 1.29 is 0 Å². The molecule has 0 spiro atoms. The van der Waals surface area contributed by atoms with Gasteiger partial charge in [-0.15, -0.1) is 0 Å². The van der Waals surface area contributed by atoms with E-state index in [2.05, 4.69) is 16.4 Å². The summed E-state index contributed by atoms with van der Waals surface area (Å²) in [4.78, 5) is 4.48.